The van der Waals surface area contributed by atoms with Crippen LogP contribution in [-0.4, -0.2) is 11.6 Å². The Kier molecular flexibility index (Phi) is 4.52. The van der Waals surface area contributed by atoms with Crippen molar-refractivity contribution in [2.24, 2.45) is 0 Å². The number of halogens is 3. The molecule has 1 N–H and O–H groups in total. The van der Waals surface area contributed by atoms with Crippen LogP contribution in [0.25, 0.3) is 0 Å². The zero-order chi connectivity index (χ0) is 13.7. The van der Waals surface area contributed by atoms with Gasteiger partial charge in [0.15, 0.2) is 0 Å². The molecule has 2 rings (SSSR count). The summed E-state index contributed by atoms with van der Waals surface area (Å²) in [6, 6.07) is 10.0. The Morgan fingerprint density at radius 2 is 2.05 bits per heavy atom. The third-order valence-electron chi connectivity index (χ3n) is 2.40. The quantitative estimate of drug-likeness (QED) is 0.844. The van der Waals surface area contributed by atoms with E-state index in [2.05, 4.69) is 15.0 Å². The summed E-state index contributed by atoms with van der Waals surface area (Å²) in [4.78, 5) is 3.85. The van der Waals surface area contributed by atoms with E-state index in [1.54, 1.807) is 36.5 Å². The molecule has 0 radical (unpaired) electrons. The second-order valence-electron chi connectivity index (χ2n) is 3.71. The molecule has 0 aliphatic carbocycles. The smallest absolute Gasteiger partial charge is 0.387 e. The van der Waals surface area contributed by atoms with Crippen molar-refractivity contribution in [3.8, 4) is 5.75 Å². The lowest BCUT2D eigenvalue weighted by Crippen LogP contribution is -2.07. The molecule has 19 heavy (non-hydrogen) atoms. The summed E-state index contributed by atoms with van der Waals surface area (Å²) < 4.78 is 28.9. The number of nitrogens with zero attached hydrogens (tertiary/aromatic N) is 1. The maximum absolute atomic E-state index is 12.2. The molecule has 3 nitrogen and oxygen atoms in total. The van der Waals surface area contributed by atoms with Gasteiger partial charge in [0.05, 0.1) is 0 Å². The monoisotopic (exact) mass is 284 g/mol. The van der Waals surface area contributed by atoms with Crippen LogP contribution in [0.15, 0.2) is 42.6 Å². The van der Waals surface area contributed by atoms with Crippen molar-refractivity contribution in [3.05, 3.63) is 53.3 Å². The zero-order valence-corrected chi connectivity index (χ0v) is 10.6. The number of anilines is 1. The summed E-state index contributed by atoms with van der Waals surface area (Å²) in [6.07, 6.45) is 1.56. The van der Waals surface area contributed by atoms with Crippen LogP contribution in [0.1, 0.15) is 5.56 Å². The third-order valence-corrected chi connectivity index (χ3v) is 2.60. The summed E-state index contributed by atoms with van der Waals surface area (Å²) in [5.41, 5.74) is 1.39. The van der Waals surface area contributed by atoms with Crippen LogP contribution in [0.4, 0.5) is 14.5 Å². The summed E-state index contributed by atoms with van der Waals surface area (Å²) in [5, 5.41) is 3.43. The second-order valence-corrected chi connectivity index (χ2v) is 4.09. The molecule has 0 saturated heterocycles. The average molecular weight is 285 g/mol. The average Bonchev–Trinajstić information content (AvgIpc) is 2.37. The van der Waals surface area contributed by atoms with Crippen molar-refractivity contribution in [1.29, 1.82) is 0 Å². The van der Waals surface area contributed by atoms with E-state index in [-0.39, 0.29) is 5.75 Å². The van der Waals surface area contributed by atoms with Crippen molar-refractivity contribution in [2.75, 3.05) is 5.32 Å². The first-order valence-electron chi connectivity index (χ1n) is 5.53. The largest absolute Gasteiger partial charge is 0.434 e. The Morgan fingerprint density at radius 3 is 2.79 bits per heavy atom. The van der Waals surface area contributed by atoms with E-state index >= 15 is 0 Å². The van der Waals surface area contributed by atoms with Crippen molar-refractivity contribution in [1.82, 2.24) is 4.98 Å². The summed E-state index contributed by atoms with van der Waals surface area (Å²) in [7, 11) is 0. The zero-order valence-electron chi connectivity index (χ0n) is 9.82. The Balaban J connectivity index is 2.07. The van der Waals surface area contributed by atoms with Crippen molar-refractivity contribution in [2.45, 2.75) is 13.2 Å². The standard InChI is InChI=1S/C13H11ClF2N2O/c14-12-7-10(5-6-17-12)18-8-9-3-1-2-4-11(9)19-13(15)16/h1-7,13H,8H2,(H,17,18). The molecule has 1 aromatic carbocycles. The van der Waals surface area contributed by atoms with Gasteiger partial charge in [-0.2, -0.15) is 8.78 Å². The summed E-state index contributed by atoms with van der Waals surface area (Å²) in [6.45, 7) is -2.49. The number of benzene rings is 1. The molecule has 0 atom stereocenters. The molecule has 0 fully saturated rings. The number of hydrogen-bond acceptors (Lipinski definition) is 3. The molecular formula is C13H11ClF2N2O. The molecule has 2 aromatic rings. The van der Waals surface area contributed by atoms with Crippen LogP contribution in [-0.2, 0) is 6.54 Å². The van der Waals surface area contributed by atoms with Gasteiger partial charge < -0.3 is 10.1 Å². The fourth-order valence-corrected chi connectivity index (χ4v) is 1.74. The van der Waals surface area contributed by atoms with Gasteiger partial charge in [0.25, 0.3) is 0 Å². The van der Waals surface area contributed by atoms with Crippen LogP contribution in [0.3, 0.4) is 0 Å². The number of aromatic nitrogens is 1. The number of ether oxygens (including phenoxy) is 1. The Bertz CT molecular complexity index is 552. The minimum atomic E-state index is -2.84. The van der Waals surface area contributed by atoms with Crippen LogP contribution in [0.2, 0.25) is 5.15 Å². The molecule has 0 aliphatic heterocycles. The lowest BCUT2D eigenvalue weighted by atomic mass is 10.2. The topological polar surface area (TPSA) is 34.1 Å². The first-order chi connectivity index (χ1) is 9.15. The molecule has 0 saturated carbocycles. The minimum absolute atomic E-state index is 0.158. The molecule has 6 heteroatoms. The lowest BCUT2D eigenvalue weighted by molar-refractivity contribution is -0.0504. The van der Waals surface area contributed by atoms with Gasteiger partial charge >= 0.3 is 6.61 Å². The highest BCUT2D eigenvalue weighted by molar-refractivity contribution is 6.29. The molecule has 0 aliphatic rings. The van der Waals surface area contributed by atoms with Crippen LogP contribution < -0.4 is 10.1 Å². The fraction of sp³-hybridized carbons (Fsp3) is 0.154. The highest BCUT2D eigenvalue weighted by atomic mass is 35.5. The van der Waals surface area contributed by atoms with Gasteiger partial charge in [0.1, 0.15) is 10.9 Å². The van der Waals surface area contributed by atoms with E-state index in [9.17, 15) is 8.78 Å². The molecule has 0 spiro atoms. The van der Waals surface area contributed by atoms with Gasteiger partial charge in [-0.3, -0.25) is 0 Å². The first kappa shape index (κ1) is 13.5. The van der Waals surface area contributed by atoms with Crippen molar-refractivity contribution < 1.29 is 13.5 Å². The Hall–Kier alpha value is -1.88. The van der Waals surface area contributed by atoms with Gasteiger partial charge in [-0.05, 0) is 18.2 Å². The molecule has 1 heterocycles. The third kappa shape index (κ3) is 4.06. The fourth-order valence-electron chi connectivity index (χ4n) is 1.57. The van der Waals surface area contributed by atoms with Crippen molar-refractivity contribution >= 4 is 17.3 Å². The van der Waals surface area contributed by atoms with Gasteiger partial charge in [0.2, 0.25) is 0 Å². The van der Waals surface area contributed by atoms with Gasteiger partial charge in [-0.25, -0.2) is 4.98 Å². The molecule has 1 aromatic heterocycles. The van der Waals surface area contributed by atoms with Crippen LogP contribution in [0.5, 0.6) is 5.75 Å². The number of pyridine rings is 1. The highest BCUT2D eigenvalue weighted by Gasteiger charge is 2.08. The number of alkyl halides is 2. The van der Waals surface area contributed by atoms with Gasteiger partial charge in [-0.15, -0.1) is 0 Å². The van der Waals surface area contributed by atoms with E-state index in [4.69, 9.17) is 11.6 Å². The van der Waals surface area contributed by atoms with Gasteiger partial charge in [-0.1, -0.05) is 29.8 Å². The molecular weight excluding hydrogens is 274 g/mol. The molecule has 100 valence electrons. The van der Waals surface area contributed by atoms with Crippen molar-refractivity contribution in [3.63, 3.8) is 0 Å². The second kappa shape index (κ2) is 6.33. The van der Waals surface area contributed by atoms with Gasteiger partial charge in [0, 0.05) is 24.0 Å². The van der Waals surface area contributed by atoms with Crippen LogP contribution >= 0.6 is 11.6 Å². The SMILES string of the molecule is FC(F)Oc1ccccc1CNc1ccnc(Cl)c1. The predicted molar refractivity (Wildman–Crippen MR) is 69.6 cm³/mol. The minimum Gasteiger partial charge on any atom is -0.434 e. The number of hydrogen-bond donors (Lipinski definition) is 1. The Morgan fingerprint density at radius 1 is 1.26 bits per heavy atom. The number of rotatable bonds is 5. The summed E-state index contributed by atoms with van der Waals surface area (Å²) in [5.74, 6) is 0.158. The normalized spacial score (nSPS) is 10.5. The molecule has 0 bridgehead atoms. The molecule has 0 amide bonds. The lowest BCUT2D eigenvalue weighted by Gasteiger charge is -2.12. The van der Waals surface area contributed by atoms with E-state index in [0.29, 0.717) is 17.3 Å². The highest BCUT2D eigenvalue weighted by Crippen LogP contribution is 2.21. The maximum Gasteiger partial charge on any atom is 0.387 e. The maximum atomic E-state index is 12.2. The van der Waals surface area contributed by atoms with E-state index in [1.165, 1.54) is 6.07 Å². The molecule has 0 unspecified atom stereocenters. The predicted octanol–water partition coefficient (Wildman–Crippen LogP) is 3.95. The first-order valence-corrected chi connectivity index (χ1v) is 5.91. The van der Waals surface area contributed by atoms with E-state index in [1.807, 2.05) is 0 Å². The summed E-state index contributed by atoms with van der Waals surface area (Å²) >= 11 is 5.75. The van der Waals surface area contributed by atoms with E-state index in [0.717, 1.165) is 5.69 Å². The Labute approximate surface area is 114 Å². The number of para-hydroxylation sites is 1. The van der Waals surface area contributed by atoms with Crippen LogP contribution in [0, 0.1) is 0 Å². The number of nitrogens with one attached hydrogen (secondary N) is 1. The van der Waals surface area contributed by atoms with E-state index < -0.39 is 6.61 Å².